The molecule has 0 spiro atoms. The predicted octanol–water partition coefficient (Wildman–Crippen LogP) is -0.242. The molecule has 0 saturated heterocycles. The van der Waals surface area contributed by atoms with Gasteiger partial charge in [0.25, 0.3) is 0 Å². The molecule has 0 heterocycles. The minimum Gasteiger partial charge on any atom is -0.326 e. The fourth-order valence-electron chi connectivity index (χ4n) is 1.44. The van der Waals surface area contributed by atoms with E-state index in [0.717, 1.165) is 0 Å². The van der Waals surface area contributed by atoms with Crippen molar-refractivity contribution in [3.63, 3.8) is 0 Å². The Kier molecular flexibility index (Phi) is 2.22. The number of hydrogen-bond acceptors (Lipinski definition) is 3. The molecule has 2 N–H and O–H groups in total. The number of nitrogens with two attached hydrogens (primary N) is 1. The van der Waals surface area contributed by atoms with Crippen molar-refractivity contribution in [2.75, 3.05) is 14.1 Å². The zero-order valence-electron chi connectivity index (χ0n) is 7.74. The Morgan fingerprint density at radius 1 is 1.42 bits per heavy atom. The Hall–Kier alpha value is -0.130. The summed E-state index contributed by atoms with van der Waals surface area (Å²) in [6.07, 6.45) is 1.40. The highest BCUT2D eigenvalue weighted by atomic mass is 32.2. The Morgan fingerprint density at radius 2 is 1.83 bits per heavy atom. The maximum Gasteiger partial charge on any atom is 0.220 e. The Morgan fingerprint density at radius 3 is 1.92 bits per heavy atom. The lowest BCUT2D eigenvalue weighted by molar-refractivity contribution is 0.486. The van der Waals surface area contributed by atoms with Crippen molar-refractivity contribution in [2.45, 2.75) is 30.6 Å². The molecule has 0 aromatic carbocycles. The Bertz CT molecular complexity index is 265. The fraction of sp³-hybridized carbons (Fsp3) is 1.00. The molecule has 1 atom stereocenters. The van der Waals surface area contributed by atoms with Gasteiger partial charge in [0.1, 0.15) is 4.75 Å². The standard InChI is InChI=1S/C7H16N2O2S/c1-6(8)7(4-5-7)12(10,11)9(2)3/h6H,4-5,8H2,1-3H3. The molecule has 1 aliphatic carbocycles. The molecular formula is C7H16N2O2S. The van der Waals surface area contributed by atoms with Crippen molar-refractivity contribution < 1.29 is 8.42 Å². The minimum absolute atomic E-state index is 0.273. The monoisotopic (exact) mass is 192 g/mol. The smallest absolute Gasteiger partial charge is 0.220 e. The molecule has 72 valence electrons. The van der Waals surface area contributed by atoms with Crippen LogP contribution in [0.15, 0.2) is 0 Å². The number of rotatable bonds is 3. The van der Waals surface area contributed by atoms with Crippen LogP contribution in [0.25, 0.3) is 0 Å². The molecule has 5 heteroatoms. The van der Waals surface area contributed by atoms with E-state index >= 15 is 0 Å². The van der Waals surface area contributed by atoms with E-state index in [9.17, 15) is 8.42 Å². The van der Waals surface area contributed by atoms with Crippen LogP contribution in [0.5, 0.6) is 0 Å². The summed E-state index contributed by atoms with van der Waals surface area (Å²) in [6.45, 7) is 1.76. The van der Waals surface area contributed by atoms with Gasteiger partial charge in [0.15, 0.2) is 0 Å². The molecule has 0 aromatic heterocycles. The third-order valence-electron chi connectivity index (χ3n) is 2.57. The van der Waals surface area contributed by atoms with Gasteiger partial charge in [-0.2, -0.15) is 0 Å². The molecule has 1 aliphatic rings. The van der Waals surface area contributed by atoms with E-state index in [-0.39, 0.29) is 6.04 Å². The first kappa shape index (κ1) is 9.95. The fourth-order valence-corrected chi connectivity index (χ4v) is 3.25. The average Bonchev–Trinajstić information content (AvgIpc) is 2.64. The van der Waals surface area contributed by atoms with E-state index in [1.54, 1.807) is 21.0 Å². The van der Waals surface area contributed by atoms with E-state index < -0.39 is 14.8 Å². The van der Waals surface area contributed by atoms with Gasteiger partial charge in [0.2, 0.25) is 10.0 Å². The van der Waals surface area contributed by atoms with Crippen LogP contribution in [0.2, 0.25) is 0 Å². The lowest BCUT2D eigenvalue weighted by atomic mass is 10.2. The van der Waals surface area contributed by atoms with Gasteiger partial charge in [-0.1, -0.05) is 0 Å². The molecule has 1 rings (SSSR count). The van der Waals surface area contributed by atoms with E-state index in [4.69, 9.17) is 5.73 Å². The summed E-state index contributed by atoms with van der Waals surface area (Å²) >= 11 is 0. The van der Waals surface area contributed by atoms with Gasteiger partial charge in [-0.3, -0.25) is 0 Å². The highest BCUT2D eigenvalue weighted by Crippen LogP contribution is 2.46. The lowest BCUT2D eigenvalue weighted by Crippen LogP contribution is -2.46. The van der Waals surface area contributed by atoms with Crippen LogP contribution >= 0.6 is 0 Å². The highest BCUT2D eigenvalue weighted by molar-refractivity contribution is 7.90. The van der Waals surface area contributed by atoms with Crippen LogP contribution < -0.4 is 5.73 Å². The summed E-state index contributed by atoms with van der Waals surface area (Å²) in [5.41, 5.74) is 5.65. The van der Waals surface area contributed by atoms with Crippen LogP contribution in [0.1, 0.15) is 19.8 Å². The molecule has 0 bridgehead atoms. The average molecular weight is 192 g/mol. The SMILES string of the molecule is CC(N)C1(S(=O)(=O)N(C)C)CC1. The first-order chi connectivity index (χ1) is 5.34. The first-order valence-corrected chi connectivity index (χ1v) is 5.46. The largest absolute Gasteiger partial charge is 0.326 e. The quantitative estimate of drug-likeness (QED) is 0.671. The van der Waals surface area contributed by atoms with Gasteiger partial charge in [-0.15, -0.1) is 0 Å². The van der Waals surface area contributed by atoms with Crippen LogP contribution in [-0.4, -0.2) is 37.6 Å². The van der Waals surface area contributed by atoms with Crippen LogP contribution in [0.3, 0.4) is 0 Å². The van der Waals surface area contributed by atoms with E-state index in [1.807, 2.05) is 0 Å². The maximum atomic E-state index is 11.7. The minimum atomic E-state index is -3.16. The zero-order valence-corrected chi connectivity index (χ0v) is 8.56. The normalized spacial score (nSPS) is 24.1. The van der Waals surface area contributed by atoms with Crippen molar-refractivity contribution in [2.24, 2.45) is 5.73 Å². The third-order valence-corrected chi connectivity index (χ3v) is 5.34. The summed E-state index contributed by atoms with van der Waals surface area (Å²) in [5, 5.41) is 0. The molecule has 0 aromatic rings. The third kappa shape index (κ3) is 1.16. The second-order valence-corrected chi connectivity index (χ2v) is 6.13. The number of hydrogen-bond donors (Lipinski definition) is 1. The molecule has 12 heavy (non-hydrogen) atoms. The van der Waals surface area contributed by atoms with Crippen molar-refractivity contribution >= 4 is 10.0 Å². The van der Waals surface area contributed by atoms with Crippen LogP contribution in [0, 0.1) is 0 Å². The van der Waals surface area contributed by atoms with Crippen molar-refractivity contribution in [3.05, 3.63) is 0 Å². The summed E-state index contributed by atoms with van der Waals surface area (Å²) in [7, 11) is -0.0495. The Labute approximate surface area is 73.8 Å². The first-order valence-electron chi connectivity index (χ1n) is 4.02. The van der Waals surface area contributed by atoms with Gasteiger partial charge in [-0.05, 0) is 19.8 Å². The molecule has 1 fully saturated rings. The van der Waals surface area contributed by atoms with Gasteiger partial charge < -0.3 is 5.73 Å². The van der Waals surface area contributed by atoms with E-state index in [0.29, 0.717) is 12.8 Å². The molecule has 4 nitrogen and oxygen atoms in total. The number of nitrogens with zero attached hydrogens (tertiary/aromatic N) is 1. The second kappa shape index (κ2) is 2.68. The van der Waals surface area contributed by atoms with Gasteiger partial charge in [0.05, 0.1) is 0 Å². The summed E-state index contributed by atoms with van der Waals surface area (Å²) in [5.74, 6) is 0. The van der Waals surface area contributed by atoms with Crippen molar-refractivity contribution in [1.29, 1.82) is 0 Å². The highest BCUT2D eigenvalue weighted by Gasteiger charge is 2.58. The van der Waals surface area contributed by atoms with Crippen LogP contribution in [0.4, 0.5) is 0 Å². The number of sulfonamides is 1. The second-order valence-electron chi connectivity index (χ2n) is 3.64. The lowest BCUT2D eigenvalue weighted by Gasteiger charge is -2.23. The van der Waals surface area contributed by atoms with Gasteiger partial charge in [0, 0.05) is 20.1 Å². The maximum absolute atomic E-state index is 11.7. The van der Waals surface area contributed by atoms with Crippen molar-refractivity contribution in [3.8, 4) is 0 Å². The molecule has 0 aliphatic heterocycles. The van der Waals surface area contributed by atoms with E-state index in [2.05, 4.69) is 0 Å². The summed E-state index contributed by atoms with van der Waals surface area (Å²) < 4.78 is 24.0. The molecule has 0 amide bonds. The van der Waals surface area contributed by atoms with Gasteiger partial charge in [-0.25, -0.2) is 12.7 Å². The van der Waals surface area contributed by atoms with Gasteiger partial charge >= 0.3 is 0 Å². The Balaban J connectivity index is 2.97. The van der Waals surface area contributed by atoms with E-state index in [1.165, 1.54) is 4.31 Å². The molecular weight excluding hydrogens is 176 g/mol. The summed E-state index contributed by atoms with van der Waals surface area (Å²) in [6, 6.07) is -0.273. The molecule has 0 radical (unpaired) electrons. The predicted molar refractivity (Wildman–Crippen MR) is 48.2 cm³/mol. The molecule has 1 unspecified atom stereocenters. The zero-order chi connectivity index (χ0) is 9.57. The topological polar surface area (TPSA) is 63.4 Å². The van der Waals surface area contributed by atoms with Crippen LogP contribution in [-0.2, 0) is 10.0 Å². The van der Waals surface area contributed by atoms with Crippen molar-refractivity contribution in [1.82, 2.24) is 4.31 Å². The molecule has 1 saturated carbocycles. The summed E-state index contributed by atoms with van der Waals surface area (Å²) in [4.78, 5) is 0.